The van der Waals surface area contributed by atoms with E-state index < -0.39 is 10.0 Å². The van der Waals surface area contributed by atoms with Gasteiger partial charge in [-0.15, -0.1) is 0 Å². The standard InChI is InChI=1S/C17H25NO5S/c1-3-23-17(19)15-7-5-10-18(13-15)24(20,21)11-9-14-6-4-8-16(12-14)22-2/h4,6,8,12,15H,3,5,7,9-11,13H2,1-2H3. The quantitative estimate of drug-likeness (QED) is 0.698. The molecule has 2 rings (SSSR count). The molecule has 1 saturated heterocycles. The van der Waals surface area contributed by atoms with Crippen LogP contribution in [0.15, 0.2) is 24.3 Å². The number of piperidine rings is 1. The summed E-state index contributed by atoms with van der Waals surface area (Å²) in [7, 11) is -1.82. The summed E-state index contributed by atoms with van der Waals surface area (Å²) in [5.74, 6) is 0.0798. The predicted octanol–water partition coefficient (Wildman–Crippen LogP) is 1.84. The molecule has 0 N–H and O–H groups in total. The number of methoxy groups -OCH3 is 1. The van der Waals surface area contributed by atoms with Crippen molar-refractivity contribution in [3.05, 3.63) is 29.8 Å². The average Bonchev–Trinajstić information content (AvgIpc) is 2.60. The van der Waals surface area contributed by atoms with Gasteiger partial charge in [0, 0.05) is 13.1 Å². The Morgan fingerprint density at radius 1 is 1.38 bits per heavy atom. The fourth-order valence-corrected chi connectivity index (χ4v) is 4.42. The van der Waals surface area contributed by atoms with Gasteiger partial charge < -0.3 is 9.47 Å². The van der Waals surface area contributed by atoms with Gasteiger partial charge in [-0.3, -0.25) is 4.79 Å². The molecule has 1 aliphatic heterocycles. The van der Waals surface area contributed by atoms with Crippen molar-refractivity contribution >= 4 is 16.0 Å². The first-order valence-electron chi connectivity index (χ1n) is 8.23. The number of carbonyl (C=O) groups is 1. The van der Waals surface area contributed by atoms with Gasteiger partial charge in [0.1, 0.15) is 5.75 Å². The molecular formula is C17H25NO5S. The molecule has 1 unspecified atom stereocenters. The highest BCUT2D eigenvalue weighted by atomic mass is 32.2. The second kappa shape index (κ2) is 8.48. The van der Waals surface area contributed by atoms with Crippen LogP contribution in [0.2, 0.25) is 0 Å². The monoisotopic (exact) mass is 355 g/mol. The van der Waals surface area contributed by atoms with Crippen molar-refractivity contribution in [1.29, 1.82) is 0 Å². The first-order valence-corrected chi connectivity index (χ1v) is 9.84. The molecule has 0 radical (unpaired) electrons. The third-order valence-corrected chi connectivity index (χ3v) is 6.02. The van der Waals surface area contributed by atoms with Crippen LogP contribution >= 0.6 is 0 Å². The number of hydrogen-bond acceptors (Lipinski definition) is 5. The van der Waals surface area contributed by atoms with Crippen LogP contribution in [0.1, 0.15) is 25.3 Å². The minimum absolute atomic E-state index is 0.0235. The predicted molar refractivity (Wildman–Crippen MR) is 91.4 cm³/mol. The lowest BCUT2D eigenvalue weighted by Crippen LogP contribution is -2.43. The zero-order valence-electron chi connectivity index (χ0n) is 14.2. The second-order valence-corrected chi connectivity index (χ2v) is 7.96. The van der Waals surface area contributed by atoms with Crippen molar-refractivity contribution in [3.63, 3.8) is 0 Å². The van der Waals surface area contributed by atoms with E-state index in [0.29, 0.717) is 38.2 Å². The molecule has 1 aliphatic rings. The van der Waals surface area contributed by atoms with E-state index in [9.17, 15) is 13.2 Å². The fourth-order valence-electron chi connectivity index (χ4n) is 2.85. The number of ether oxygens (including phenoxy) is 2. The molecule has 24 heavy (non-hydrogen) atoms. The summed E-state index contributed by atoms with van der Waals surface area (Å²) in [5, 5.41) is 0. The first kappa shape index (κ1) is 18.7. The van der Waals surface area contributed by atoms with Crippen molar-refractivity contribution in [2.75, 3.05) is 32.6 Å². The van der Waals surface area contributed by atoms with E-state index >= 15 is 0 Å². The third kappa shape index (κ3) is 4.95. The number of hydrogen-bond donors (Lipinski definition) is 0. The van der Waals surface area contributed by atoms with Crippen LogP contribution in [-0.4, -0.2) is 51.3 Å². The first-order chi connectivity index (χ1) is 11.5. The smallest absolute Gasteiger partial charge is 0.310 e. The van der Waals surface area contributed by atoms with Gasteiger partial charge in [-0.25, -0.2) is 12.7 Å². The maximum Gasteiger partial charge on any atom is 0.310 e. The van der Waals surface area contributed by atoms with Crippen molar-refractivity contribution < 1.29 is 22.7 Å². The summed E-state index contributed by atoms with van der Waals surface area (Å²) < 4.78 is 36.8. The lowest BCUT2D eigenvalue weighted by atomic mass is 10.0. The Bertz CT molecular complexity index is 659. The highest BCUT2D eigenvalue weighted by molar-refractivity contribution is 7.89. The minimum Gasteiger partial charge on any atom is -0.497 e. The van der Waals surface area contributed by atoms with E-state index in [4.69, 9.17) is 9.47 Å². The Kier molecular flexibility index (Phi) is 6.62. The van der Waals surface area contributed by atoms with Crippen LogP contribution in [0.25, 0.3) is 0 Å². The van der Waals surface area contributed by atoms with E-state index in [1.807, 2.05) is 24.3 Å². The lowest BCUT2D eigenvalue weighted by Gasteiger charge is -2.30. The zero-order valence-corrected chi connectivity index (χ0v) is 15.0. The van der Waals surface area contributed by atoms with Gasteiger partial charge in [0.2, 0.25) is 10.0 Å². The van der Waals surface area contributed by atoms with E-state index in [0.717, 1.165) is 5.56 Å². The zero-order chi connectivity index (χ0) is 17.6. The molecule has 0 bridgehead atoms. The molecule has 0 amide bonds. The number of aryl methyl sites for hydroxylation is 1. The molecule has 6 nitrogen and oxygen atoms in total. The average molecular weight is 355 g/mol. The Morgan fingerprint density at radius 2 is 2.17 bits per heavy atom. The highest BCUT2D eigenvalue weighted by Crippen LogP contribution is 2.21. The van der Waals surface area contributed by atoms with Crippen LogP contribution in [0, 0.1) is 5.92 Å². The minimum atomic E-state index is -3.40. The second-order valence-electron chi connectivity index (χ2n) is 5.87. The van der Waals surface area contributed by atoms with Crippen molar-refractivity contribution in [3.8, 4) is 5.75 Å². The van der Waals surface area contributed by atoms with E-state index in [-0.39, 0.29) is 24.2 Å². The third-order valence-electron chi connectivity index (χ3n) is 4.18. The Balaban J connectivity index is 1.97. The molecule has 1 aromatic carbocycles. The molecule has 0 saturated carbocycles. The van der Waals surface area contributed by atoms with Crippen LogP contribution in [0.5, 0.6) is 5.75 Å². The molecular weight excluding hydrogens is 330 g/mol. The van der Waals surface area contributed by atoms with E-state index in [1.165, 1.54) is 4.31 Å². The van der Waals surface area contributed by atoms with Gasteiger partial charge in [-0.2, -0.15) is 0 Å². The molecule has 0 aromatic heterocycles. The maximum absolute atomic E-state index is 12.6. The number of esters is 1. The molecule has 134 valence electrons. The maximum atomic E-state index is 12.6. The molecule has 1 atom stereocenters. The largest absolute Gasteiger partial charge is 0.497 e. The van der Waals surface area contributed by atoms with Crippen LogP contribution in [-0.2, 0) is 26.0 Å². The Hall–Kier alpha value is -1.60. The SMILES string of the molecule is CCOC(=O)C1CCCN(S(=O)(=O)CCc2cccc(OC)c2)C1. The number of sulfonamides is 1. The van der Waals surface area contributed by atoms with Crippen molar-refractivity contribution in [1.82, 2.24) is 4.31 Å². The summed E-state index contributed by atoms with van der Waals surface area (Å²) in [6, 6.07) is 7.40. The molecule has 0 spiro atoms. The lowest BCUT2D eigenvalue weighted by molar-refractivity contribution is -0.149. The summed E-state index contributed by atoms with van der Waals surface area (Å²) in [5.41, 5.74) is 0.914. The summed E-state index contributed by atoms with van der Waals surface area (Å²) >= 11 is 0. The Morgan fingerprint density at radius 3 is 2.88 bits per heavy atom. The topological polar surface area (TPSA) is 72.9 Å². The van der Waals surface area contributed by atoms with Gasteiger partial charge in [-0.05, 0) is 43.9 Å². The van der Waals surface area contributed by atoms with Gasteiger partial charge in [0.05, 0.1) is 25.4 Å². The summed E-state index contributed by atoms with van der Waals surface area (Å²) in [6.07, 6.45) is 1.78. The molecule has 1 heterocycles. The molecule has 1 aromatic rings. The molecule has 0 aliphatic carbocycles. The number of rotatable bonds is 7. The number of nitrogens with zero attached hydrogens (tertiary/aromatic N) is 1. The Labute approximate surface area is 143 Å². The van der Waals surface area contributed by atoms with Crippen molar-refractivity contribution in [2.45, 2.75) is 26.2 Å². The molecule has 1 fully saturated rings. The van der Waals surface area contributed by atoms with Crippen LogP contribution in [0.4, 0.5) is 0 Å². The highest BCUT2D eigenvalue weighted by Gasteiger charge is 2.32. The fraction of sp³-hybridized carbons (Fsp3) is 0.588. The van der Waals surface area contributed by atoms with Gasteiger partial charge in [-0.1, -0.05) is 12.1 Å². The number of carbonyl (C=O) groups excluding carboxylic acids is 1. The van der Waals surface area contributed by atoms with Crippen molar-refractivity contribution in [2.24, 2.45) is 5.92 Å². The van der Waals surface area contributed by atoms with E-state index in [1.54, 1.807) is 14.0 Å². The normalized spacial score (nSPS) is 19.0. The van der Waals surface area contributed by atoms with Crippen LogP contribution in [0.3, 0.4) is 0 Å². The van der Waals surface area contributed by atoms with Crippen LogP contribution < -0.4 is 4.74 Å². The van der Waals surface area contributed by atoms with E-state index in [2.05, 4.69) is 0 Å². The van der Waals surface area contributed by atoms with Gasteiger partial charge >= 0.3 is 5.97 Å². The van der Waals surface area contributed by atoms with Gasteiger partial charge in [0.25, 0.3) is 0 Å². The number of benzene rings is 1. The van der Waals surface area contributed by atoms with Gasteiger partial charge in [0.15, 0.2) is 0 Å². The summed E-state index contributed by atoms with van der Waals surface area (Å²) in [4.78, 5) is 11.9. The molecule has 7 heteroatoms. The summed E-state index contributed by atoms with van der Waals surface area (Å²) in [6.45, 7) is 2.76.